The van der Waals surface area contributed by atoms with Crippen LogP contribution in [0.3, 0.4) is 0 Å². The maximum absolute atomic E-state index is 10.7. The fourth-order valence-electron chi connectivity index (χ4n) is 2.94. The maximum atomic E-state index is 10.7. The lowest BCUT2D eigenvalue weighted by Gasteiger charge is -2.41. The molecule has 6 nitrogen and oxygen atoms in total. The van der Waals surface area contributed by atoms with Gasteiger partial charge in [0.05, 0.1) is 49.6 Å². The Hall–Kier alpha value is -0.210. The lowest BCUT2D eigenvalue weighted by Crippen LogP contribution is -2.54. The summed E-state index contributed by atoms with van der Waals surface area (Å²) in [5.74, 6) is -0.252. The zero-order valence-electron chi connectivity index (χ0n) is 13.1. The Balaban J connectivity index is 2.32. The summed E-state index contributed by atoms with van der Waals surface area (Å²) in [5, 5.41) is 0. The molecular weight excluding hydrogens is 294 g/mol. The monoisotopic (exact) mass is 323 g/mol. The van der Waals surface area contributed by atoms with Gasteiger partial charge in [-0.2, -0.15) is 0 Å². The van der Waals surface area contributed by atoms with Crippen LogP contribution in [0.1, 0.15) is 32.6 Å². The number of likely N-dealkylation sites (tertiary alicyclic amines) is 1. The van der Waals surface area contributed by atoms with Crippen LogP contribution in [0.4, 0.5) is 0 Å². The minimum atomic E-state index is -4.09. The van der Waals surface area contributed by atoms with Crippen molar-refractivity contribution in [2.75, 3.05) is 58.4 Å². The van der Waals surface area contributed by atoms with Crippen molar-refractivity contribution in [3.8, 4) is 0 Å². The molecule has 21 heavy (non-hydrogen) atoms. The van der Waals surface area contributed by atoms with Gasteiger partial charge in [0.15, 0.2) is 0 Å². The number of hydrogen-bond acceptors (Lipinski definition) is 5. The molecule has 1 heterocycles. The Morgan fingerprint density at radius 1 is 1.00 bits per heavy atom. The van der Waals surface area contributed by atoms with E-state index in [-0.39, 0.29) is 5.75 Å². The summed E-state index contributed by atoms with van der Waals surface area (Å²) in [7, 11) is -4.09. The van der Waals surface area contributed by atoms with Crippen molar-refractivity contribution in [1.29, 1.82) is 0 Å². The van der Waals surface area contributed by atoms with Gasteiger partial charge in [0.1, 0.15) is 6.54 Å². The molecule has 0 amide bonds. The van der Waals surface area contributed by atoms with Crippen LogP contribution in [-0.4, -0.2) is 75.8 Å². The summed E-state index contributed by atoms with van der Waals surface area (Å²) in [5.41, 5.74) is 0. The van der Waals surface area contributed by atoms with Crippen LogP contribution in [0.2, 0.25) is 0 Å². The molecule has 0 spiro atoms. The molecule has 126 valence electrons. The molecule has 1 saturated heterocycles. The highest BCUT2D eigenvalue weighted by molar-refractivity contribution is 7.85. The molecule has 0 aromatic heterocycles. The topological polar surface area (TPSA) is 75.7 Å². The van der Waals surface area contributed by atoms with E-state index in [0.717, 1.165) is 30.7 Å². The van der Waals surface area contributed by atoms with E-state index in [4.69, 9.17) is 9.47 Å². The predicted molar refractivity (Wildman–Crippen MR) is 80.1 cm³/mol. The molecule has 1 rings (SSSR count). The van der Waals surface area contributed by atoms with E-state index in [1.54, 1.807) is 0 Å². The van der Waals surface area contributed by atoms with Gasteiger partial charge in [0, 0.05) is 18.8 Å². The van der Waals surface area contributed by atoms with Gasteiger partial charge in [-0.3, -0.25) is 0 Å². The summed E-state index contributed by atoms with van der Waals surface area (Å²) in [6, 6.07) is 0. The van der Waals surface area contributed by atoms with Crippen LogP contribution in [0.5, 0.6) is 0 Å². The van der Waals surface area contributed by atoms with Gasteiger partial charge < -0.3 is 18.5 Å². The van der Waals surface area contributed by atoms with E-state index in [2.05, 4.69) is 0 Å². The van der Waals surface area contributed by atoms with Crippen LogP contribution in [-0.2, 0) is 19.6 Å². The van der Waals surface area contributed by atoms with Crippen molar-refractivity contribution in [2.24, 2.45) is 0 Å². The molecule has 0 N–H and O–H groups in total. The molecule has 0 radical (unpaired) electrons. The van der Waals surface area contributed by atoms with Crippen LogP contribution in [0.15, 0.2) is 0 Å². The molecule has 0 bridgehead atoms. The Labute approximate surface area is 128 Å². The summed E-state index contributed by atoms with van der Waals surface area (Å²) >= 11 is 0. The van der Waals surface area contributed by atoms with Gasteiger partial charge in [-0.25, -0.2) is 8.42 Å². The third-order valence-corrected chi connectivity index (χ3v) is 4.87. The van der Waals surface area contributed by atoms with Crippen LogP contribution >= 0.6 is 0 Å². The molecular formula is C14H29NO5S. The average molecular weight is 323 g/mol. The molecule has 0 aromatic carbocycles. The summed E-state index contributed by atoms with van der Waals surface area (Å²) in [6.45, 7) is 8.32. The summed E-state index contributed by atoms with van der Waals surface area (Å²) in [6.07, 6.45) is 4.03. The van der Waals surface area contributed by atoms with Gasteiger partial charge in [-0.15, -0.1) is 0 Å². The van der Waals surface area contributed by atoms with Crippen molar-refractivity contribution in [3.05, 3.63) is 0 Å². The molecule has 1 aliphatic heterocycles. The number of hydrogen-bond donors (Lipinski definition) is 0. The summed E-state index contributed by atoms with van der Waals surface area (Å²) < 4.78 is 43.9. The van der Waals surface area contributed by atoms with Crippen molar-refractivity contribution in [3.63, 3.8) is 0 Å². The van der Waals surface area contributed by atoms with E-state index in [0.29, 0.717) is 32.8 Å². The number of rotatable bonds is 11. The van der Waals surface area contributed by atoms with E-state index in [1.807, 2.05) is 6.92 Å². The predicted octanol–water partition coefficient (Wildman–Crippen LogP) is 0.976. The molecule has 0 aliphatic carbocycles. The molecule has 0 aromatic rings. The second-order valence-corrected chi connectivity index (χ2v) is 7.24. The van der Waals surface area contributed by atoms with E-state index in [9.17, 15) is 13.0 Å². The number of nitrogens with zero attached hydrogens (tertiary/aromatic N) is 1. The smallest absolute Gasteiger partial charge is 0.102 e. The Kier molecular flexibility index (Phi) is 8.73. The Bertz CT molecular complexity index is 366. The fourth-order valence-corrected chi connectivity index (χ4v) is 3.42. The highest BCUT2D eigenvalue weighted by atomic mass is 32.2. The average Bonchev–Trinajstić information content (AvgIpc) is 2.42. The normalized spacial score (nSPS) is 18.8. The van der Waals surface area contributed by atoms with Gasteiger partial charge in [0.2, 0.25) is 0 Å². The number of quaternary nitrogens is 1. The lowest BCUT2D eigenvalue weighted by molar-refractivity contribution is -0.932. The van der Waals surface area contributed by atoms with Crippen LogP contribution < -0.4 is 0 Å². The molecule has 0 saturated carbocycles. The number of ether oxygens (including phenoxy) is 2. The van der Waals surface area contributed by atoms with E-state index < -0.39 is 10.1 Å². The molecule has 0 unspecified atom stereocenters. The van der Waals surface area contributed by atoms with E-state index in [1.165, 1.54) is 19.3 Å². The zero-order valence-corrected chi connectivity index (χ0v) is 13.9. The standard InChI is InChI=1S/C14H29NO5S/c1-2-19-12-13-20-11-10-15(7-4-3-5-8-15)9-6-14-21(16,17)18/h2-14H2,1H3. The second kappa shape index (κ2) is 9.74. The van der Waals surface area contributed by atoms with Gasteiger partial charge in [-0.1, -0.05) is 0 Å². The largest absolute Gasteiger partial charge is 0.748 e. The third-order valence-electron chi connectivity index (χ3n) is 4.08. The van der Waals surface area contributed by atoms with Crippen molar-refractivity contribution < 1.29 is 26.9 Å². The molecule has 0 atom stereocenters. The van der Waals surface area contributed by atoms with Crippen LogP contribution in [0, 0.1) is 0 Å². The maximum Gasteiger partial charge on any atom is 0.102 e. The van der Waals surface area contributed by atoms with Crippen molar-refractivity contribution >= 4 is 10.1 Å². The first-order valence-corrected chi connectivity index (χ1v) is 9.49. The van der Waals surface area contributed by atoms with Gasteiger partial charge >= 0.3 is 0 Å². The Morgan fingerprint density at radius 3 is 2.29 bits per heavy atom. The highest BCUT2D eigenvalue weighted by Gasteiger charge is 2.29. The van der Waals surface area contributed by atoms with Crippen molar-refractivity contribution in [2.45, 2.75) is 32.6 Å². The first kappa shape index (κ1) is 18.8. The highest BCUT2D eigenvalue weighted by Crippen LogP contribution is 2.19. The number of piperidine rings is 1. The lowest BCUT2D eigenvalue weighted by atomic mass is 10.1. The first-order chi connectivity index (χ1) is 9.97. The fraction of sp³-hybridized carbons (Fsp3) is 1.00. The summed E-state index contributed by atoms with van der Waals surface area (Å²) in [4.78, 5) is 0. The van der Waals surface area contributed by atoms with E-state index >= 15 is 0 Å². The van der Waals surface area contributed by atoms with Crippen molar-refractivity contribution in [1.82, 2.24) is 0 Å². The molecule has 7 heteroatoms. The third kappa shape index (κ3) is 8.73. The minimum absolute atomic E-state index is 0.252. The Morgan fingerprint density at radius 2 is 1.67 bits per heavy atom. The first-order valence-electron chi connectivity index (χ1n) is 7.92. The molecule has 1 aliphatic rings. The zero-order chi connectivity index (χ0) is 15.6. The molecule has 1 fully saturated rings. The van der Waals surface area contributed by atoms with Gasteiger partial charge in [-0.05, 0) is 26.2 Å². The minimum Gasteiger partial charge on any atom is -0.748 e. The second-order valence-electron chi connectivity index (χ2n) is 5.72. The van der Waals surface area contributed by atoms with Gasteiger partial charge in [0.25, 0.3) is 0 Å². The quantitative estimate of drug-likeness (QED) is 0.322. The SMILES string of the molecule is CCOCCOCC[N+]1(CCCS(=O)(=O)[O-])CCCCC1. The van der Waals surface area contributed by atoms with Crippen LogP contribution in [0.25, 0.3) is 0 Å².